The summed E-state index contributed by atoms with van der Waals surface area (Å²) in [6.45, 7) is 9.71. The van der Waals surface area contributed by atoms with Gasteiger partial charge in [0.05, 0.1) is 5.69 Å². The Hall–Kier alpha value is -8.20. The molecule has 0 fully saturated rings. The number of hydrogen-bond acceptors (Lipinski definition) is 2. The average Bonchev–Trinajstić information content (AvgIpc) is 3.97. The van der Waals surface area contributed by atoms with Gasteiger partial charge in [-0.3, -0.25) is 0 Å². The van der Waals surface area contributed by atoms with Crippen molar-refractivity contribution >= 4 is 104 Å². The Morgan fingerprint density at radius 1 is 0.324 bits per heavy atom. The van der Waals surface area contributed by atoms with E-state index in [-0.39, 0.29) is 10.8 Å². The lowest BCUT2D eigenvalue weighted by atomic mass is 9.78. The van der Waals surface area contributed by atoms with Crippen molar-refractivity contribution < 1.29 is 4.42 Å². The van der Waals surface area contributed by atoms with Crippen LogP contribution in [-0.4, -0.2) is 0 Å². The fraction of sp³-hybridized carbons (Fsp3) is 0.0909. The molecule has 68 heavy (non-hydrogen) atoms. The van der Waals surface area contributed by atoms with Crippen LogP contribution < -0.4 is 4.90 Å². The van der Waals surface area contributed by atoms with Crippen LogP contribution in [0.15, 0.2) is 205 Å². The second-order valence-corrected chi connectivity index (χ2v) is 20.3. The van der Waals surface area contributed by atoms with Crippen molar-refractivity contribution in [1.82, 2.24) is 0 Å². The van der Waals surface area contributed by atoms with E-state index in [0.29, 0.717) is 0 Å². The van der Waals surface area contributed by atoms with Gasteiger partial charge in [-0.2, -0.15) is 0 Å². The van der Waals surface area contributed by atoms with Crippen molar-refractivity contribution in [3.63, 3.8) is 0 Å². The monoisotopic (exact) mass is 867 g/mol. The Balaban J connectivity index is 0.950. The van der Waals surface area contributed by atoms with Crippen LogP contribution >= 0.6 is 0 Å². The van der Waals surface area contributed by atoms with Crippen molar-refractivity contribution in [2.24, 2.45) is 0 Å². The van der Waals surface area contributed by atoms with Gasteiger partial charge in [0.1, 0.15) is 5.58 Å². The van der Waals surface area contributed by atoms with E-state index in [1.807, 2.05) is 0 Å². The maximum atomic E-state index is 6.83. The van der Waals surface area contributed by atoms with Gasteiger partial charge < -0.3 is 9.32 Å². The minimum absolute atomic E-state index is 0.223. The molecule has 0 bridgehead atoms. The van der Waals surface area contributed by atoms with Crippen LogP contribution in [0.1, 0.15) is 49.9 Å². The number of nitrogens with zero attached hydrogens (tertiary/aromatic N) is 1. The molecule has 12 aromatic carbocycles. The molecule has 1 aromatic heterocycles. The summed E-state index contributed by atoms with van der Waals surface area (Å²) in [5.41, 5.74) is 15.6. The molecule has 2 aliphatic carbocycles. The summed E-state index contributed by atoms with van der Waals surface area (Å²) in [6.07, 6.45) is 0. The normalized spacial score (nSPS) is 14.4. The number of para-hydroxylation sites is 2. The molecular weight excluding hydrogens is 823 g/mol. The molecule has 0 saturated heterocycles. The van der Waals surface area contributed by atoms with Gasteiger partial charge in [-0.25, -0.2) is 0 Å². The largest absolute Gasteiger partial charge is 0.454 e. The number of anilines is 3. The zero-order chi connectivity index (χ0) is 45.2. The highest BCUT2D eigenvalue weighted by Gasteiger charge is 2.41. The quantitative estimate of drug-likeness (QED) is 0.165. The van der Waals surface area contributed by atoms with Crippen molar-refractivity contribution in [1.29, 1.82) is 0 Å². The minimum atomic E-state index is -0.223. The predicted molar refractivity (Wildman–Crippen MR) is 289 cm³/mol. The SMILES string of the molecule is CC1(C)c2c(ccc3cc(N(c4ccc5c6c(ccc5c4)-c4c(c5ccccc5c5ccccc45)C6(C)C)c4cccc5c4oc4ccccc45)ccc23)-c2c1c1ccccc1c1ccccc21. The van der Waals surface area contributed by atoms with E-state index in [9.17, 15) is 0 Å². The molecule has 320 valence electrons. The van der Waals surface area contributed by atoms with Gasteiger partial charge in [0.15, 0.2) is 5.58 Å². The third-order valence-corrected chi connectivity index (χ3v) is 16.1. The molecule has 15 rings (SSSR count). The van der Waals surface area contributed by atoms with E-state index >= 15 is 0 Å². The highest BCUT2D eigenvalue weighted by Crippen LogP contribution is 2.59. The van der Waals surface area contributed by atoms with E-state index in [4.69, 9.17) is 4.42 Å². The Labute approximate surface area is 394 Å². The standard InChI is InChI=1S/C66H45NO/c1-65(2)60-42-34-30-40(36-38(42)28-32-54(60)58-49-21-9-5-16-44(49)46-18-7-11-23-51(46)62(58)65)67(56-26-15-25-53-48-20-13-14-27-57(48)68-64(53)56)41-31-35-43-39(37-41)29-33-55-59-50-22-10-6-17-45(50)47-19-8-12-24-52(47)63(59)66(3,4)61(43)55/h5-37H,1-4H3. The topological polar surface area (TPSA) is 16.4 Å². The molecular formula is C66H45NO. The van der Waals surface area contributed by atoms with Crippen molar-refractivity contribution in [2.75, 3.05) is 4.90 Å². The number of fused-ring (bicyclic) bond motifs is 23. The molecule has 0 N–H and O–H groups in total. The fourth-order valence-corrected chi connectivity index (χ4v) is 13.4. The first-order valence-electron chi connectivity index (χ1n) is 24.0. The summed E-state index contributed by atoms with van der Waals surface area (Å²) in [4.78, 5) is 2.42. The Bertz CT molecular complexity index is 4170. The third kappa shape index (κ3) is 4.81. The highest BCUT2D eigenvalue weighted by atomic mass is 16.3. The number of hydrogen-bond donors (Lipinski definition) is 0. The van der Waals surface area contributed by atoms with Crippen LogP contribution in [0.3, 0.4) is 0 Å². The zero-order valence-electron chi connectivity index (χ0n) is 38.4. The maximum Gasteiger partial charge on any atom is 0.159 e. The Kier molecular flexibility index (Phi) is 7.39. The molecule has 1 heterocycles. The predicted octanol–water partition coefficient (Wildman–Crippen LogP) is 18.6. The second kappa shape index (κ2) is 13.2. The van der Waals surface area contributed by atoms with Crippen LogP contribution in [-0.2, 0) is 10.8 Å². The average molecular weight is 868 g/mol. The summed E-state index contributed by atoms with van der Waals surface area (Å²) in [7, 11) is 0. The molecule has 2 aliphatic rings. The summed E-state index contributed by atoms with van der Waals surface area (Å²) in [5.74, 6) is 0. The van der Waals surface area contributed by atoms with E-state index in [2.05, 4.69) is 233 Å². The molecule has 0 spiro atoms. The minimum Gasteiger partial charge on any atom is -0.454 e. The van der Waals surface area contributed by atoms with Gasteiger partial charge in [0.25, 0.3) is 0 Å². The molecule has 13 aromatic rings. The molecule has 0 aliphatic heterocycles. The first-order valence-corrected chi connectivity index (χ1v) is 24.0. The van der Waals surface area contributed by atoms with Gasteiger partial charge >= 0.3 is 0 Å². The summed E-state index contributed by atoms with van der Waals surface area (Å²) < 4.78 is 6.83. The van der Waals surface area contributed by atoms with Gasteiger partial charge in [-0.05, 0) is 146 Å². The van der Waals surface area contributed by atoms with Crippen LogP contribution in [0.5, 0.6) is 0 Å². The van der Waals surface area contributed by atoms with Crippen molar-refractivity contribution in [3.8, 4) is 22.3 Å². The van der Waals surface area contributed by atoms with Crippen molar-refractivity contribution in [3.05, 3.63) is 222 Å². The zero-order valence-corrected chi connectivity index (χ0v) is 38.4. The van der Waals surface area contributed by atoms with E-state index < -0.39 is 0 Å². The molecule has 0 atom stereocenters. The smallest absolute Gasteiger partial charge is 0.159 e. The molecule has 2 nitrogen and oxygen atoms in total. The first kappa shape index (κ1) is 38.0. The van der Waals surface area contributed by atoms with E-state index in [0.717, 1.165) is 39.0 Å². The molecule has 0 amide bonds. The van der Waals surface area contributed by atoms with Crippen LogP contribution in [0.25, 0.3) is 109 Å². The Morgan fingerprint density at radius 3 is 1.24 bits per heavy atom. The molecule has 2 heteroatoms. The van der Waals surface area contributed by atoms with Gasteiger partial charge in [0, 0.05) is 33.0 Å². The first-order chi connectivity index (χ1) is 33.3. The number of rotatable bonds is 3. The fourth-order valence-electron chi connectivity index (χ4n) is 13.4. The summed E-state index contributed by atoms with van der Waals surface area (Å²) in [6, 6.07) is 74.6. The lowest BCUT2D eigenvalue weighted by Gasteiger charge is -2.28. The summed E-state index contributed by atoms with van der Waals surface area (Å²) >= 11 is 0. The van der Waals surface area contributed by atoms with E-state index in [1.54, 1.807) is 0 Å². The number of benzene rings is 12. The summed E-state index contributed by atoms with van der Waals surface area (Å²) in [5, 5.41) is 17.8. The lowest BCUT2D eigenvalue weighted by Crippen LogP contribution is -2.16. The van der Waals surface area contributed by atoms with Crippen LogP contribution in [0.4, 0.5) is 17.1 Å². The lowest BCUT2D eigenvalue weighted by molar-refractivity contribution is 0.669. The van der Waals surface area contributed by atoms with Gasteiger partial charge in [0.2, 0.25) is 0 Å². The highest BCUT2D eigenvalue weighted by molar-refractivity contribution is 6.21. The molecule has 0 saturated carbocycles. The van der Waals surface area contributed by atoms with Crippen LogP contribution in [0.2, 0.25) is 0 Å². The third-order valence-electron chi connectivity index (χ3n) is 16.1. The Morgan fingerprint density at radius 2 is 0.735 bits per heavy atom. The maximum absolute atomic E-state index is 6.83. The second-order valence-electron chi connectivity index (χ2n) is 20.3. The van der Waals surface area contributed by atoms with E-state index in [1.165, 1.54) is 109 Å². The van der Waals surface area contributed by atoms with Crippen LogP contribution in [0, 0.1) is 0 Å². The molecule has 0 radical (unpaired) electrons. The molecule has 0 unspecified atom stereocenters. The van der Waals surface area contributed by atoms with Crippen molar-refractivity contribution in [2.45, 2.75) is 38.5 Å². The van der Waals surface area contributed by atoms with Gasteiger partial charge in [-0.1, -0.05) is 191 Å². The number of furan rings is 1. The van der Waals surface area contributed by atoms with Gasteiger partial charge in [-0.15, -0.1) is 0 Å².